The Kier molecular flexibility index (Phi) is 6.32. The highest BCUT2D eigenvalue weighted by molar-refractivity contribution is 6.06. The van der Waals surface area contributed by atoms with Gasteiger partial charge in [0, 0.05) is 5.92 Å². The van der Waals surface area contributed by atoms with Crippen LogP contribution in [0.1, 0.15) is 34.6 Å². The van der Waals surface area contributed by atoms with Gasteiger partial charge in [-0.3, -0.25) is 4.79 Å². The summed E-state index contributed by atoms with van der Waals surface area (Å²) in [5, 5.41) is 14.0. The van der Waals surface area contributed by atoms with Crippen molar-refractivity contribution >= 4 is 17.7 Å². The molecule has 1 aliphatic rings. The van der Waals surface area contributed by atoms with E-state index in [0.717, 1.165) is 33.4 Å². The van der Waals surface area contributed by atoms with Gasteiger partial charge >= 0.3 is 0 Å². The summed E-state index contributed by atoms with van der Waals surface area (Å²) in [5.41, 5.74) is 9.76. The molecule has 0 spiro atoms. The van der Waals surface area contributed by atoms with Crippen molar-refractivity contribution < 1.29 is 4.79 Å². The molecule has 168 valence electrons. The van der Waals surface area contributed by atoms with Crippen LogP contribution in [-0.4, -0.2) is 12.1 Å². The molecular weight excluding hydrogens is 430 g/mol. The third-order valence-electron chi connectivity index (χ3n) is 6.31. The standard InChI is InChI=1S/C31H23N3O/c32-20-30(29-19-28(25-11-5-2-6-12-25)26-13-7-8-14-27(26)29)31(35)34-33-21-22-15-17-24(18-16-22)23-9-3-1-4-10-23/h1-18,21,28H,19H2,(H,34,35)/b30-29+,33-21-. The maximum absolute atomic E-state index is 12.9. The van der Waals surface area contributed by atoms with Gasteiger partial charge < -0.3 is 0 Å². The van der Waals surface area contributed by atoms with Crippen LogP contribution in [0.25, 0.3) is 16.7 Å². The summed E-state index contributed by atoms with van der Waals surface area (Å²) in [6.07, 6.45) is 2.19. The number of nitrogens with zero attached hydrogens (tertiary/aromatic N) is 2. The Morgan fingerprint density at radius 2 is 1.46 bits per heavy atom. The van der Waals surface area contributed by atoms with Crippen LogP contribution < -0.4 is 5.43 Å². The number of carbonyl (C=O) groups is 1. The molecule has 0 heterocycles. The maximum Gasteiger partial charge on any atom is 0.282 e. The molecule has 1 amide bonds. The van der Waals surface area contributed by atoms with Crippen LogP contribution in [0.5, 0.6) is 0 Å². The number of benzene rings is 4. The second-order valence-electron chi connectivity index (χ2n) is 8.41. The Hall–Kier alpha value is -4.75. The van der Waals surface area contributed by atoms with E-state index in [9.17, 15) is 10.1 Å². The number of allylic oxidation sites excluding steroid dienone is 1. The lowest BCUT2D eigenvalue weighted by Gasteiger charge is -2.11. The molecule has 0 aliphatic heterocycles. The first-order chi connectivity index (χ1) is 17.2. The SMILES string of the molecule is N#C/C(C(=O)N/N=C\c1ccc(-c2ccccc2)cc1)=C1/CC(c2ccccc2)c2ccccc21. The Labute approximate surface area is 204 Å². The monoisotopic (exact) mass is 453 g/mol. The lowest BCUT2D eigenvalue weighted by atomic mass is 9.93. The highest BCUT2D eigenvalue weighted by atomic mass is 16.2. The number of amides is 1. The predicted octanol–water partition coefficient (Wildman–Crippen LogP) is 6.32. The van der Waals surface area contributed by atoms with Gasteiger partial charge in [-0.05, 0) is 45.4 Å². The molecular formula is C31H23N3O. The fourth-order valence-corrected chi connectivity index (χ4v) is 4.59. The number of fused-ring (bicyclic) bond motifs is 1. The summed E-state index contributed by atoms with van der Waals surface area (Å²) in [7, 11) is 0. The van der Waals surface area contributed by atoms with Crippen molar-refractivity contribution in [3.8, 4) is 17.2 Å². The van der Waals surface area contributed by atoms with Gasteiger partial charge in [0.1, 0.15) is 11.6 Å². The second kappa shape index (κ2) is 10.0. The van der Waals surface area contributed by atoms with Crippen molar-refractivity contribution in [3.05, 3.63) is 137 Å². The number of hydrogen-bond acceptors (Lipinski definition) is 3. The average Bonchev–Trinajstić information content (AvgIpc) is 3.30. The molecule has 0 saturated heterocycles. The number of nitrogens with one attached hydrogen (secondary N) is 1. The molecule has 4 aromatic rings. The fraction of sp³-hybridized carbons (Fsp3) is 0.0645. The van der Waals surface area contributed by atoms with Crippen molar-refractivity contribution in [1.82, 2.24) is 5.43 Å². The minimum absolute atomic E-state index is 0.104. The molecule has 4 nitrogen and oxygen atoms in total. The van der Waals surface area contributed by atoms with Gasteiger partial charge in [0.05, 0.1) is 6.21 Å². The van der Waals surface area contributed by atoms with Crippen LogP contribution in [0.15, 0.2) is 120 Å². The van der Waals surface area contributed by atoms with Crippen LogP contribution >= 0.6 is 0 Å². The van der Waals surface area contributed by atoms with Crippen molar-refractivity contribution in [1.29, 1.82) is 5.26 Å². The highest BCUT2D eigenvalue weighted by Gasteiger charge is 2.31. The van der Waals surface area contributed by atoms with Crippen LogP contribution in [0.4, 0.5) is 0 Å². The summed E-state index contributed by atoms with van der Waals surface area (Å²) in [6, 6.07) is 38.3. The molecule has 0 bridgehead atoms. The first-order valence-electron chi connectivity index (χ1n) is 11.5. The Bertz CT molecular complexity index is 1450. The Morgan fingerprint density at radius 3 is 2.17 bits per heavy atom. The van der Waals surface area contributed by atoms with E-state index in [2.05, 4.69) is 46.9 Å². The summed E-state index contributed by atoms with van der Waals surface area (Å²) in [4.78, 5) is 12.9. The summed E-state index contributed by atoms with van der Waals surface area (Å²) in [5.74, 6) is -0.381. The molecule has 5 rings (SSSR count). The Balaban J connectivity index is 1.35. The minimum atomic E-state index is -0.497. The molecule has 35 heavy (non-hydrogen) atoms. The van der Waals surface area contributed by atoms with E-state index in [1.54, 1.807) is 6.21 Å². The van der Waals surface area contributed by atoms with E-state index in [1.165, 1.54) is 5.56 Å². The molecule has 1 aliphatic carbocycles. The molecule has 1 atom stereocenters. The number of rotatable bonds is 5. The van der Waals surface area contributed by atoms with E-state index >= 15 is 0 Å². The van der Waals surface area contributed by atoms with Crippen LogP contribution in [0, 0.1) is 11.3 Å². The minimum Gasteiger partial charge on any atom is -0.267 e. The predicted molar refractivity (Wildman–Crippen MR) is 139 cm³/mol. The normalized spacial score (nSPS) is 15.9. The van der Waals surface area contributed by atoms with E-state index < -0.39 is 5.91 Å². The van der Waals surface area contributed by atoms with E-state index in [0.29, 0.717) is 6.42 Å². The van der Waals surface area contributed by atoms with Gasteiger partial charge in [-0.15, -0.1) is 0 Å². The van der Waals surface area contributed by atoms with Crippen LogP contribution in [0.2, 0.25) is 0 Å². The number of nitriles is 1. The van der Waals surface area contributed by atoms with Crippen LogP contribution in [-0.2, 0) is 4.79 Å². The molecule has 0 aromatic heterocycles. The van der Waals surface area contributed by atoms with Gasteiger partial charge in [0.15, 0.2) is 0 Å². The summed E-state index contributed by atoms with van der Waals surface area (Å²) in [6.45, 7) is 0. The zero-order valence-corrected chi connectivity index (χ0v) is 19.1. The summed E-state index contributed by atoms with van der Waals surface area (Å²) < 4.78 is 0. The van der Waals surface area contributed by atoms with E-state index in [4.69, 9.17) is 0 Å². The number of hydrogen-bond donors (Lipinski definition) is 1. The first-order valence-corrected chi connectivity index (χ1v) is 11.5. The quantitative estimate of drug-likeness (QED) is 0.166. The smallest absolute Gasteiger partial charge is 0.267 e. The molecule has 4 aromatic carbocycles. The van der Waals surface area contributed by atoms with Crippen molar-refractivity contribution in [2.45, 2.75) is 12.3 Å². The van der Waals surface area contributed by atoms with Gasteiger partial charge in [-0.1, -0.05) is 109 Å². The third-order valence-corrected chi connectivity index (χ3v) is 6.31. The number of carbonyl (C=O) groups excluding carboxylic acids is 1. The lowest BCUT2D eigenvalue weighted by Crippen LogP contribution is -2.20. The molecule has 1 unspecified atom stereocenters. The van der Waals surface area contributed by atoms with Gasteiger partial charge in [0.2, 0.25) is 0 Å². The zero-order chi connectivity index (χ0) is 24.0. The van der Waals surface area contributed by atoms with E-state index in [-0.39, 0.29) is 11.5 Å². The zero-order valence-electron chi connectivity index (χ0n) is 19.1. The maximum atomic E-state index is 12.9. The second-order valence-corrected chi connectivity index (χ2v) is 8.41. The third kappa shape index (κ3) is 4.66. The molecule has 1 N–H and O–H groups in total. The van der Waals surface area contributed by atoms with E-state index in [1.807, 2.05) is 78.9 Å². The number of hydrazone groups is 1. The Morgan fingerprint density at radius 1 is 0.829 bits per heavy atom. The molecule has 0 saturated carbocycles. The van der Waals surface area contributed by atoms with Gasteiger partial charge in [0.25, 0.3) is 5.91 Å². The largest absolute Gasteiger partial charge is 0.282 e. The van der Waals surface area contributed by atoms with Gasteiger partial charge in [-0.25, -0.2) is 5.43 Å². The molecule has 0 radical (unpaired) electrons. The van der Waals surface area contributed by atoms with Gasteiger partial charge in [-0.2, -0.15) is 10.4 Å². The summed E-state index contributed by atoms with van der Waals surface area (Å²) >= 11 is 0. The molecule has 4 heteroatoms. The average molecular weight is 454 g/mol. The van der Waals surface area contributed by atoms with Crippen molar-refractivity contribution in [3.63, 3.8) is 0 Å². The fourth-order valence-electron chi connectivity index (χ4n) is 4.59. The van der Waals surface area contributed by atoms with Crippen LogP contribution in [0.3, 0.4) is 0 Å². The first kappa shape index (κ1) is 22.1. The highest BCUT2D eigenvalue weighted by Crippen LogP contribution is 2.45. The van der Waals surface area contributed by atoms with Crippen molar-refractivity contribution in [2.24, 2.45) is 5.10 Å². The van der Waals surface area contributed by atoms with Crippen molar-refractivity contribution in [2.75, 3.05) is 0 Å². The lowest BCUT2D eigenvalue weighted by molar-refractivity contribution is -0.117. The molecule has 0 fully saturated rings. The topological polar surface area (TPSA) is 65.2 Å².